The summed E-state index contributed by atoms with van der Waals surface area (Å²) < 4.78 is 0. The molecule has 2 unspecified atom stereocenters. The number of amides is 3. The van der Waals surface area contributed by atoms with Crippen LogP contribution in [-0.2, 0) is 4.79 Å². The zero-order valence-electron chi connectivity index (χ0n) is 11.6. The van der Waals surface area contributed by atoms with Gasteiger partial charge >= 0.3 is 12.0 Å². The average Bonchev–Trinajstić information content (AvgIpc) is 2.81. The van der Waals surface area contributed by atoms with Crippen LogP contribution < -0.4 is 11.1 Å². The summed E-state index contributed by atoms with van der Waals surface area (Å²) in [7, 11) is 0. The summed E-state index contributed by atoms with van der Waals surface area (Å²) in [6, 6.07) is 4.83. The van der Waals surface area contributed by atoms with Gasteiger partial charge in [-0.1, -0.05) is 6.92 Å². The normalized spacial score (nSPS) is 21.1. The first-order valence-electron chi connectivity index (χ1n) is 6.60. The molecule has 0 aromatic heterocycles. The van der Waals surface area contributed by atoms with Crippen LogP contribution in [0.25, 0.3) is 0 Å². The van der Waals surface area contributed by atoms with Crippen molar-refractivity contribution in [3.63, 3.8) is 0 Å². The van der Waals surface area contributed by atoms with E-state index in [2.05, 4.69) is 5.32 Å². The van der Waals surface area contributed by atoms with Crippen molar-refractivity contribution < 1.29 is 19.5 Å². The molecule has 4 N–H and O–H groups in total. The number of carbonyl (C=O) groups is 3. The second-order valence-corrected chi connectivity index (χ2v) is 5.11. The highest BCUT2D eigenvalue weighted by Crippen LogP contribution is 2.25. The van der Waals surface area contributed by atoms with Gasteiger partial charge in [-0.2, -0.15) is 0 Å². The summed E-state index contributed by atoms with van der Waals surface area (Å²) >= 11 is 0. The van der Waals surface area contributed by atoms with E-state index in [4.69, 9.17) is 5.73 Å². The van der Waals surface area contributed by atoms with Gasteiger partial charge in [-0.25, -0.2) is 9.59 Å². The van der Waals surface area contributed by atoms with E-state index in [9.17, 15) is 19.5 Å². The Hall–Kier alpha value is -2.57. The molecule has 1 aliphatic heterocycles. The van der Waals surface area contributed by atoms with Crippen molar-refractivity contribution in [3.8, 4) is 0 Å². The van der Waals surface area contributed by atoms with Crippen LogP contribution in [0.3, 0.4) is 0 Å². The number of hydrogen-bond donors (Lipinski definition) is 3. The molecule has 1 saturated heterocycles. The number of urea groups is 1. The highest BCUT2D eigenvalue weighted by molar-refractivity contribution is 5.95. The number of hydrogen-bond acceptors (Lipinski definition) is 3. The van der Waals surface area contributed by atoms with E-state index >= 15 is 0 Å². The molecule has 1 fully saturated rings. The lowest BCUT2D eigenvalue weighted by Gasteiger charge is -2.23. The molecule has 0 radical (unpaired) electrons. The van der Waals surface area contributed by atoms with E-state index in [1.165, 1.54) is 17.0 Å². The molecular weight excluding hydrogens is 274 g/mol. The second kappa shape index (κ2) is 5.82. The summed E-state index contributed by atoms with van der Waals surface area (Å²) in [4.78, 5) is 35.7. The van der Waals surface area contributed by atoms with Crippen molar-refractivity contribution in [2.45, 2.75) is 19.4 Å². The smallest absolute Gasteiger partial charge is 0.326 e. The molecule has 7 heteroatoms. The number of benzene rings is 1. The van der Waals surface area contributed by atoms with Crippen molar-refractivity contribution in [2.75, 3.05) is 11.9 Å². The molecular formula is C14H17N3O4. The molecule has 21 heavy (non-hydrogen) atoms. The maximum atomic E-state index is 12.2. The molecule has 0 saturated carbocycles. The Balaban J connectivity index is 2.07. The summed E-state index contributed by atoms with van der Waals surface area (Å²) in [5.41, 5.74) is 5.95. The summed E-state index contributed by atoms with van der Waals surface area (Å²) in [6.45, 7) is 2.22. The van der Waals surface area contributed by atoms with Crippen molar-refractivity contribution in [2.24, 2.45) is 11.7 Å². The third kappa shape index (κ3) is 3.13. The van der Waals surface area contributed by atoms with Crippen molar-refractivity contribution in [3.05, 3.63) is 29.8 Å². The summed E-state index contributed by atoms with van der Waals surface area (Å²) in [5, 5.41) is 11.8. The van der Waals surface area contributed by atoms with Crippen molar-refractivity contribution in [1.29, 1.82) is 0 Å². The predicted molar refractivity (Wildman–Crippen MR) is 75.9 cm³/mol. The number of primary amides is 1. The van der Waals surface area contributed by atoms with E-state index in [-0.39, 0.29) is 5.92 Å². The molecule has 7 nitrogen and oxygen atoms in total. The highest BCUT2D eigenvalue weighted by Gasteiger charge is 2.39. The molecule has 112 valence electrons. The average molecular weight is 291 g/mol. The number of nitrogens with one attached hydrogen (secondary N) is 1. The van der Waals surface area contributed by atoms with Crippen molar-refractivity contribution >= 4 is 23.6 Å². The number of carboxylic acids is 1. The Morgan fingerprint density at radius 1 is 1.29 bits per heavy atom. The zero-order chi connectivity index (χ0) is 15.6. The first kappa shape index (κ1) is 14.8. The lowest BCUT2D eigenvalue weighted by atomic mass is 10.0. The van der Waals surface area contributed by atoms with Crippen LogP contribution in [0.2, 0.25) is 0 Å². The standard InChI is InChI=1S/C14H17N3O4/c1-8-6-7-17(11(8)13(19)20)14(21)16-10-4-2-9(3-5-10)12(15)18/h2-5,8,11H,6-7H2,1H3,(H2,15,18)(H,16,21)(H,19,20). The molecule has 2 rings (SSSR count). The first-order valence-corrected chi connectivity index (χ1v) is 6.60. The molecule has 0 spiro atoms. The zero-order valence-corrected chi connectivity index (χ0v) is 11.6. The van der Waals surface area contributed by atoms with E-state index in [0.29, 0.717) is 24.2 Å². The summed E-state index contributed by atoms with van der Waals surface area (Å²) in [6.07, 6.45) is 0.658. The van der Waals surface area contributed by atoms with Crippen molar-refractivity contribution in [1.82, 2.24) is 4.90 Å². The van der Waals surface area contributed by atoms with Gasteiger partial charge < -0.3 is 21.1 Å². The first-order chi connectivity index (χ1) is 9.90. The number of likely N-dealkylation sites (tertiary alicyclic amines) is 1. The second-order valence-electron chi connectivity index (χ2n) is 5.11. The minimum Gasteiger partial charge on any atom is -0.480 e. The van der Waals surface area contributed by atoms with E-state index in [0.717, 1.165) is 0 Å². The highest BCUT2D eigenvalue weighted by atomic mass is 16.4. The predicted octanol–water partition coefficient (Wildman–Crippen LogP) is 1.11. The van der Waals surface area contributed by atoms with Gasteiger partial charge in [0.05, 0.1) is 0 Å². The Morgan fingerprint density at radius 2 is 1.90 bits per heavy atom. The Morgan fingerprint density at radius 3 is 2.43 bits per heavy atom. The fourth-order valence-electron chi connectivity index (χ4n) is 2.46. The topological polar surface area (TPSA) is 113 Å². The molecule has 0 aliphatic carbocycles. The molecule has 3 amide bonds. The van der Waals surface area contributed by atoms with Crippen LogP contribution >= 0.6 is 0 Å². The van der Waals surface area contributed by atoms with Gasteiger partial charge in [-0.05, 0) is 36.6 Å². The maximum Gasteiger partial charge on any atom is 0.326 e. The minimum absolute atomic E-state index is 0.0783. The molecule has 1 aromatic carbocycles. The Labute approximate surface area is 121 Å². The number of nitrogens with zero attached hydrogens (tertiary/aromatic N) is 1. The number of anilines is 1. The molecule has 1 heterocycles. The molecule has 1 aliphatic rings. The fraction of sp³-hybridized carbons (Fsp3) is 0.357. The number of rotatable bonds is 3. The van der Waals surface area contributed by atoms with Crippen LogP contribution in [0.4, 0.5) is 10.5 Å². The van der Waals surface area contributed by atoms with Gasteiger partial charge in [0.1, 0.15) is 6.04 Å². The third-order valence-corrected chi connectivity index (χ3v) is 3.63. The third-order valence-electron chi connectivity index (χ3n) is 3.63. The van der Waals surface area contributed by atoms with Gasteiger partial charge in [-0.3, -0.25) is 4.79 Å². The number of carboxylic acid groups (broad SMARTS) is 1. The van der Waals surface area contributed by atoms with E-state index in [1.54, 1.807) is 12.1 Å². The summed E-state index contributed by atoms with van der Waals surface area (Å²) in [5.74, 6) is -1.63. The van der Waals surface area contributed by atoms with Gasteiger partial charge in [0.25, 0.3) is 0 Å². The van der Waals surface area contributed by atoms with Gasteiger partial charge in [0.15, 0.2) is 0 Å². The van der Waals surface area contributed by atoms with E-state index in [1.807, 2.05) is 6.92 Å². The number of nitrogens with two attached hydrogens (primary N) is 1. The Kier molecular flexibility index (Phi) is 4.11. The Bertz CT molecular complexity index is 570. The molecule has 2 atom stereocenters. The van der Waals surface area contributed by atoms with Crippen LogP contribution in [0.5, 0.6) is 0 Å². The van der Waals surface area contributed by atoms with Gasteiger partial charge in [0.2, 0.25) is 5.91 Å². The largest absolute Gasteiger partial charge is 0.480 e. The van der Waals surface area contributed by atoms with E-state index < -0.39 is 23.9 Å². The van der Waals surface area contributed by atoms with Crippen LogP contribution in [0.15, 0.2) is 24.3 Å². The number of carbonyl (C=O) groups excluding carboxylic acids is 2. The maximum absolute atomic E-state index is 12.2. The molecule has 0 bridgehead atoms. The van der Waals surface area contributed by atoms with Crippen LogP contribution in [0.1, 0.15) is 23.7 Å². The fourth-order valence-corrected chi connectivity index (χ4v) is 2.46. The number of aliphatic carboxylic acids is 1. The quantitative estimate of drug-likeness (QED) is 0.774. The van der Waals surface area contributed by atoms with Gasteiger partial charge in [0, 0.05) is 17.8 Å². The SMILES string of the molecule is CC1CCN(C(=O)Nc2ccc(C(N)=O)cc2)C1C(=O)O. The lowest BCUT2D eigenvalue weighted by Crippen LogP contribution is -2.44. The monoisotopic (exact) mass is 291 g/mol. The van der Waals surface area contributed by atoms with Crippen LogP contribution in [0, 0.1) is 5.92 Å². The minimum atomic E-state index is -1.00. The van der Waals surface area contributed by atoms with Crippen LogP contribution in [-0.4, -0.2) is 40.5 Å². The van der Waals surface area contributed by atoms with Gasteiger partial charge in [-0.15, -0.1) is 0 Å². The lowest BCUT2D eigenvalue weighted by molar-refractivity contribution is -0.142. The molecule has 1 aromatic rings.